The van der Waals surface area contributed by atoms with E-state index in [1.807, 2.05) is 0 Å². The maximum atomic E-state index is 12.0. The Balaban J connectivity index is 2.58. The lowest BCUT2D eigenvalue weighted by molar-refractivity contribution is -0.140. The van der Waals surface area contributed by atoms with E-state index >= 15 is 0 Å². The Morgan fingerprint density at radius 1 is 1.30 bits per heavy atom. The summed E-state index contributed by atoms with van der Waals surface area (Å²) in [5.74, 6) is -1.67. The second-order valence-electron chi connectivity index (χ2n) is 5.16. The van der Waals surface area contributed by atoms with Crippen LogP contribution in [0.2, 0.25) is 0 Å². The van der Waals surface area contributed by atoms with Crippen molar-refractivity contribution in [2.75, 3.05) is 12.9 Å². The lowest BCUT2D eigenvalue weighted by Gasteiger charge is -2.28. The van der Waals surface area contributed by atoms with Gasteiger partial charge in [0.05, 0.1) is 19.3 Å². The predicted octanol–water partition coefficient (Wildman–Crippen LogP) is 0.646. The van der Waals surface area contributed by atoms with Crippen molar-refractivity contribution in [3.05, 3.63) is 0 Å². The minimum Gasteiger partial charge on any atom is -0.481 e. The number of hydrogen-bond acceptors (Lipinski definition) is 5. The largest absolute Gasteiger partial charge is 0.481 e. The van der Waals surface area contributed by atoms with Crippen molar-refractivity contribution in [1.82, 2.24) is 4.72 Å². The van der Waals surface area contributed by atoms with Crippen molar-refractivity contribution in [1.29, 1.82) is 0 Å². The van der Waals surface area contributed by atoms with Gasteiger partial charge in [0.2, 0.25) is 10.0 Å². The van der Waals surface area contributed by atoms with Gasteiger partial charge in [-0.15, -0.1) is 0 Å². The van der Waals surface area contributed by atoms with Crippen LogP contribution in [-0.4, -0.2) is 43.9 Å². The molecule has 1 aliphatic rings. The first kappa shape index (κ1) is 16.9. The molecule has 0 saturated heterocycles. The van der Waals surface area contributed by atoms with E-state index in [1.54, 1.807) is 0 Å². The molecule has 7 nitrogen and oxygen atoms in total. The van der Waals surface area contributed by atoms with Gasteiger partial charge in [-0.05, 0) is 19.3 Å². The van der Waals surface area contributed by atoms with Gasteiger partial charge in [-0.1, -0.05) is 12.8 Å². The predicted molar refractivity (Wildman–Crippen MR) is 71.6 cm³/mol. The lowest BCUT2D eigenvalue weighted by atomic mass is 9.95. The summed E-state index contributed by atoms with van der Waals surface area (Å²) in [5, 5.41) is 8.92. The molecule has 0 radical (unpaired) electrons. The van der Waals surface area contributed by atoms with Gasteiger partial charge in [0.25, 0.3) is 0 Å². The summed E-state index contributed by atoms with van der Waals surface area (Å²) in [6, 6.07) is 0. The van der Waals surface area contributed by atoms with E-state index in [2.05, 4.69) is 9.46 Å². The minimum absolute atomic E-state index is 0.0311. The van der Waals surface area contributed by atoms with Gasteiger partial charge in [-0.3, -0.25) is 9.59 Å². The third kappa shape index (κ3) is 5.46. The number of esters is 1. The minimum atomic E-state index is -3.59. The first-order chi connectivity index (χ1) is 9.29. The topological polar surface area (TPSA) is 110 Å². The van der Waals surface area contributed by atoms with Crippen LogP contribution < -0.4 is 4.72 Å². The van der Waals surface area contributed by atoms with Gasteiger partial charge in [0.1, 0.15) is 0 Å². The monoisotopic (exact) mass is 307 g/mol. The molecular formula is C12H21NO6S. The summed E-state index contributed by atoms with van der Waals surface area (Å²) in [4.78, 5) is 21.8. The third-order valence-electron chi connectivity index (χ3n) is 3.44. The summed E-state index contributed by atoms with van der Waals surface area (Å²) in [6.45, 7) is 0. The molecule has 1 fully saturated rings. The van der Waals surface area contributed by atoms with E-state index in [4.69, 9.17) is 5.11 Å². The highest BCUT2D eigenvalue weighted by atomic mass is 32.2. The van der Waals surface area contributed by atoms with E-state index in [0.29, 0.717) is 12.8 Å². The van der Waals surface area contributed by atoms with Gasteiger partial charge in [0.15, 0.2) is 0 Å². The van der Waals surface area contributed by atoms with E-state index in [1.165, 1.54) is 7.11 Å². The molecule has 0 aromatic carbocycles. The van der Waals surface area contributed by atoms with Crippen LogP contribution in [0, 0.1) is 0 Å². The van der Waals surface area contributed by atoms with Gasteiger partial charge in [-0.2, -0.15) is 0 Å². The number of methoxy groups -OCH3 is 1. The number of carbonyl (C=O) groups is 2. The SMILES string of the molecule is COC(=O)CCCS(=O)(=O)NC1(CC(=O)O)CCCC1. The summed E-state index contributed by atoms with van der Waals surface area (Å²) < 4.78 is 30.9. The zero-order valence-electron chi connectivity index (χ0n) is 11.6. The molecule has 0 atom stereocenters. The van der Waals surface area contributed by atoms with Crippen LogP contribution in [0.25, 0.3) is 0 Å². The fraction of sp³-hybridized carbons (Fsp3) is 0.833. The molecule has 20 heavy (non-hydrogen) atoms. The number of nitrogens with one attached hydrogen (secondary N) is 1. The van der Waals surface area contributed by atoms with Crippen molar-refractivity contribution in [3.63, 3.8) is 0 Å². The zero-order valence-corrected chi connectivity index (χ0v) is 12.4. The lowest BCUT2D eigenvalue weighted by Crippen LogP contribution is -2.48. The van der Waals surface area contributed by atoms with Crippen molar-refractivity contribution in [3.8, 4) is 0 Å². The normalized spacial score (nSPS) is 17.9. The highest BCUT2D eigenvalue weighted by molar-refractivity contribution is 7.89. The van der Waals surface area contributed by atoms with E-state index in [-0.39, 0.29) is 25.0 Å². The Morgan fingerprint density at radius 2 is 1.90 bits per heavy atom. The number of rotatable bonds is 8. The molecule has 0 amide bonds. The average Bonchev–Trinajstić information content (AvgIpc) is 2.74. The Labute approximate surface area is 118 Å². The van der Waals surface area contributed by atoms with Crippen LogP contribution in [-0.2, 0) is 24.3 Å². The average molecular weight is 307 g/mol. The van der Waals surface area contributed by atoms with Gasteiger partial charge < -0.3 is 9.84 Å². The van der Waals surface area contributed by atoms with E-state index < -0.39 is 27.5 Å². The first-order valence-corrected chi connectivity index (χ1v) is 8.24. The second kappa shape index (κ2) is 7.03. The first-order valence-electron chi connectivity index (χ1n) is 6.59. The van der Waals surface area contributed by atoms with Gasteiger partial charge in [-0.25, -0.2) is 13.1 Å². The number of hydrogen-bond donors (Lipinski definition) is 2. The Bertz CT molecular complexity index is 453. The summed E-state index contributed by atoms with van der Waals surface area (Å²) in [6.07, 6.45) is 2.69. The highest BCUT2D eigenvalue weighted by Gasteiger charge is 2.39. The molecule has 0 aliphatic heterocycles. The maximum Gasteiger partial charge on any atom is 0.305 e. The standard InChI is InChI=1S/C12H21NO6S/c1-19-11(16)5-4-8-20(17,18)13-12(9-10(14)15)6-2-3-7-12/h13H,2-9H2,1H3,(H,14,15). The fourth-order valence-electron chi connectivity index (χ4n) is 2.55. The number of carboxylic acid groups (broad SMARTS) is 1. The Kier molecular flexibility index (Phi) is 5.94. The van der Waals surface area contributed by atoms with Crippen molar-refractivity contribution >= 4 is 22.0 Å². The highest BCUT2D eigenvalue weighted by Crippen LogP contribution is 2.33. The van der Waals surface area contributed by atoms with E-state index in [0.717, 1.165) is 12.8 Å². The molecule has 0 bridgehead atoms. The summed E-state index contributed by atoms with van der Waals surface area (Å²) >= 11 is 0. The van der Waals surface area contributed by atoms with Crippen LogP contribution in [0.1, 0.15) is 44.9 Å². The van der Waals surface area contributed by atoms with Crippen molar-refractivity contribution in [2.45, 2.75) is 50.5 Å². The second-order valence-corrected chi connectivity index (χ2v) is 7.00. The van der Waals surface area contributed by atoms with Crippen LogP contribution >= 0.6 is 0 Å². The molecule has 0 heterocycles. The van der Waals surface area contributed by atoms with Crippen LogP contribution in [0.3, 0.4) is 0 Å². The van der Waals surface area contributed by atoms with Gasteiger partial charge >= 0.3 is 11.9 Å². The van der Waals surface area contributed by atoms with Crippen LogP contribution in [0.4, 0.5) is 0 Å². The molecule has 0 aromatic heterocycles. The quantitative estimate of drug-likeness (QED) is 0.637. The Hall–Kier alpha value is -1.15. The molecule has 2 N–H and O–H groups in total. The fourth-order valence-corrected chi connectivity index (χ4v) is 4.11. The summed E-state index contributed by atoms with van der Waals surface area (Å²) in [5.41, 5.74) is -0.865. The maximum absolute atomic E-state index is 12.0. The number of carbonyl (C=O) groups excluding carboxylic acids is 1. The number of aliphatic carboxylic acids is 1. The van der Waals surface area contributed by atoms with Crippen LogP contribution in [0.15, 0.2) is 0 Å². The summed E-state index contributed by atoms with van der Waals surface area (Å²) in [7, 11) is -2.35. The smallest absolute Gasteiger partial charge is 0.305 e. The molecule has 116 valence electrons. The number of sulfonamides is 1. The van der Waals surface area contributed by atoms with Gasteiger partial charge in [0, 0.05) is 12.0 Å². The molecule has 8 heteroatoms. The van der Waals surface area contributed by atoms with Crippen molar-refractivity contribution in [2.24, 2.45) is 0 Å². The molecule has 1 saturated carbocycles. The Morgan fingerprint density at radius 3 is 2.40 bits per heavy atom. The number of carboxylic acids is 1. The molecule has 0 aromatic rings. The van der Waals surface area contributed by atoms with E-state index in [9.17, 15) is 18.0 Å². The number of ether oxygens (including phenoxy) is 1. The molecule has 0 spiro atoms. The third-order valence-corrected chi connectivity index (χ3v) is 5.01. The molecule has 1 rings (SSSR count). The van der Waals surface area contributed by atoms with Crippen molar-refractivity contribution < 1.29 is 27.9 Å². The molecular weight excluding hydrogens is 286 g/mol. The van der Waals surface area contributed by atoms with Crippen LogP contribution in [0.5, 0.6) is 0 Å². The molecule has 0 unspecified atom stereocenters. The molecule has 1 aliphatic carbocycles. The zero-order chi connectivity index (χ0) is 15.2.